The minimum atomic E-state index is -3.46. The number of benzene rings is 2. The Hall–Kier alpha value is -2.74. The van der Waals surface area contributed by atoms with Gasteiger partial charge in [0.15, 0.2) is 0 Å². The van der Waals surface area contributed by atoms with Gasteiger partial charge in [0, 0.05) is 13.0 Å². The van der Waals surface area contributed by atoms with E-state index >= 15 is 0 Å². The van der Waals surface area contributed by atoms with Crippen LogP contribution in [0.4, 0.5) is 5.69 Å². The molecule has 0 fully saturated rings. The van der Waals surface area contributed by atoms with E-state index in [9.17, 15) is 13.2 Å². The molecule has 1 unspecified atom stereocenters. The lowest BCUT2D eigenvalue weighted by Crippen LogP contribution is -2.37. The van der Waals surface area contributed by atoms with Crippen LogP contribution >= 0.6 is 0 Å². The summed E-state index contributed by atoms with van der Waals surface area (Å²) in [4.78, 5) is 12.2. The molecule has 0 aliphatic heterocycles. The third-order valence-electron chi connectivity index (χ3n) is 4.18. The number of hydrogen-bond donors (Lipinski definition) is 1. The quantitative estimate of drug-likeness (QED) is 0.604. The first-order chi connectivity index (χ1) is 13.8. The third kappa shape index (κ3) is 7.65. The lowest BCUT2D eigenvalue weighted by molar-refractivity contribution is -0.121. The van der Waals surface area contributed by atoms with Crippen LogP contribution < -0.4 is 19.1 Å². The van der Waals surface area contributed by atoms with Gasteiger partial charge in [-0.3, -0.25) is 9.10 Å². The molecule has 29 heavy (non-hydrogen) atoms. The number of para-hydroxylation sites is 1. The van der Waals surface area contributed by atoms with Crippen molar-refractivity contribution < 1.29 is 22.7 Å². The van der Waals surface area contributed by atoms with Crippen molar-refractivity contribution in [2.24, 2.45) is 0 Å². The maximum absolute atomic E-state index is 12.2. The summed E-state index contributed by atoms with van der Waals surface area (Å²) in [6.07, 6.45) is 1.77. The number of carbonyl (C=O) groups excluding carboxylic acids is 1. The SMILES string of the molecule is COc1ccc(N(CCCC(=O)NC(C)COc2ccccc2)S(C)(=O)=O)cc1. The summed E-state index contributed by atoms with van der Waals surface area (Å²) in [6.45, 7) is 2.44. The average molecular weight is 421 g/mol. The number of amides is 1. The first-order valence-corrected chi connectivity index (χ1v) is 11.2. The van der Waals surface area contributed by atoms with Crippen molar-refractivity contribution in [2.75, 3.05) is 30.8 Å². The molecular weight excluding hydrogens is 392 g/mol. The highest BCUT2D eigenvalue weighted by Gasteiger charge is 2.18. The predicted octanol–water partition coefficient (Wildman–Crippen LogP) is 2.83. The highest BCUT2D eigenvalue weighted by atomic mass is 32.2. The van der Waals surface area contributed by atoms with Crippen LogP contribution in [-0.4, -0.2) is 46.9 Å². The molecule has 0 saturated carbocycles. The first kappa shape index (κ1) is 22.5. The number of nitrogens with one attached hydrogen (secondary N) is 1. The smallest absolute Gasteiger partial charge is 0.232 e. The van der Waals surface area contributed by atoms with E-state index < -0.39 is 10.0 Å². The number of nitrogens with zero attached hydrogens (tertiary/aromatic N) is 1. The van der Waals surface area contributed by atoms with E-state index in [1.54, 1.807) is 31.4 Å². The minimum Gasteiger partial charge on any atom is -0.497 e. The van der Waals surface area contributed by atoms with Gasteiger partial charge in [0.1, 0.15) is 18.1 Å². The highest BCUT2D eigenvalue weighted by Crippen LogP contribution is 2.22. The molecule has 158 valence electrons. The van der Waals surface area contributed by atoms with Crippen molar-refractivity contribution in [1.82, 2.24) is 5.32 Å². The van der Waals surface area contributed by atoms with Gasteiger partial charge < -0.3 is 14.8 Å². The molecule has 2 rings (SSSR count). The molecule has 0 radical (unpaired) electrons. The zero-order valence-corrected chi connectivity index (χ0v) is 17.8. The van der Waals surface area contributed by atoms with Gasteiger partial charge in [-0.05, 0) is 49.7 Å². The van der Waals surface area contributed by atoms with Gasteiger partial charge in [-0.1, -0.05) is 18.2 Å². The Morgan fingerprint density at radius 2 is 1.72 bits per heavy atom. The van der Waals surface area contributed by atoms with Crippen molar-refractivity contribution in [3.63, 3.8) is 0 Å². The summed E-state index contributed by atoms with van der Waals surface area (Å²) >= 11 is 0. The zero-order valence-electron chi connectivity index (χ0n) is 17.0. The molecule has 1 N–H and O–H groups in total. The molecule has 0 bridgehead atoms. The van der Waals surface area contributed by atoms with E-state index in [1.165, 1.54) is 4.31 Å². The van der Waals surface area contributed by atoms with Crippen molar-refractivity contribution in [1.29, 1.82) is 0 Å². The Morgan fingerprint density at radius 1 is 1.07 bits per heavy atom. The molecule has 0 spiro atoms. The highest BCUT2D eigenvalue weighted by molar-refractivity contribution is 7.92. The summed E-state index contributed by atoms with van der Waals surface area (Å²) in [5, 5.41) is 2.87. The van der Waals surface area contributed by atoms with Gasteiger partial charge >= 0.3 is 0 Å². The molecule has 1 amide bonds. The number of anilines is 1. The lowest BCUT2D eigenvalue weighted by atomic mass is 10.2. The normalized spacial score (nSPS) is 12.1. The number of methoxy groups -OCH3 is 1. The van der Waals surface area contributed by atoms with Gasteiger partial charge in [0.2, 0.25) is 15.9 Å². The van der Waals surface area contributed by atoms with Crippen molar-refractivity contribution >= 4 is 21.6 Å². The van der Waals surface area contributed by atoms with Crippen LogP contribution in [0.15, 0.2) is 54.6 Å². The molecule has 1 atom stereocenters. The van der Waals surface area contributed by atoms with Crippen molar-refractivity contribution in [2.45, 2.75) is 25.8 Å². The maximum Gasteiger partial charge on any atom is 0.232 e. The summed E-state index contributed by atoms with van der Waals surface area (Å²) in [7, 11) is -1.91. The summed E-state index contributed by atoms with van der Waals surface area (Å²) in [5.41, 5.74) is 0.540. The number of hydrogen-bond acceptors (Lipinski definition) is 5. The summed E-state index contributed by atoms with van der Waals surface area (Å²) in [5.74, 6) is 1.25. The van der Waals surface area contributed by atoms with E-state index in [-0.39, 0.29) is 24.9 Å². The molecule has 0 aliphatic rings. The van der Waals surface area contributed by atoms with Crippen LogP contribution in [0.2, 0.25) is 0 Å². The monoisotopic (exact) mass is 420 g/mol. The number of rotatable bonds is 11. The molecule has 2 aromatic rings. The Balaban J connectivity index is 1.81. The molecule has 0 aromatic heterocycles. The molecule has 7 nitrogen and oxygen atoms in total. The number of sulfonamides is 1. The topological polar surface area (TPSA) is 84.9 Å². The molecule has 0 heterocycles. The second-order valence-corrected chi connectivity index (χ2v) is 8.64. The Morgan fingerprint density at radius 3 is 2.31 bits per heavy atom. The van der Waals surface area contributed by atoms with Crippen LogP contribution in [0.25, 0.3) is 0 Å². The molecular formula is C21H28N2O5S. The van der Waals surface area contributed by atoms with E-state index in [1.807, 2.05) is 37.3 Å². The second kappa shape index (κ2) is 10.7. The van der Waals surface area contributed by atoms with Crippen LogP contribution in [0.5, 0.6) is 11.5 Å². The first-order valence-electron chi connectivity index (χ1n) is 9.38. The van der Waals surface area contributed by atoms with E-state index in [0.29, 0.717) is 24.5 Å². The van der Waals surface area contributed by atoms with Crippen molar-refractivity contribution in [3.8, 4) is 11.5 Å². The zero-order chi connectivity index (χ0) is 21.3. The molecule has 2 aromatic carbocycles. The van der Waals surface area contributed by atoms with E-state index in [0.717, 1.165) is 12.0 Å². The molecule has 8 heteroatoms. The Kier molecular flexibility index (Phi) is 8.33. The van der Waals surface area contributed by atoms with E-state index in [2.05, 4.69) is 5.32 Å². The third-order valence-corrected chi connectivity index (χ3v) is 5.37. The minimum absolute atomic E-state index is 0.141. The van der Waals surface area contributed by atoms with Crippen LogP contribution in [-0.2, 0) is 14.8 Å². The van der Waals surface area contributed by atoms with Gasteiger partial charge in [0.25, 0.3) is 0 Å². The maximum atomic E-state index is 12.2. The van der Waals surface area contributed by atoms with Gasteiger partial charge in [0.05, 0.1) is 25.1 Å². The summed E-state index contributed by atoms with van der Waals surface area (Å²) in [6, 6.07) is 16.0. The fourth-order valence-corrected chi connectivity index (χ4v) is 3.71. The summed E-state index contributed by atoms with van der Waals surface area (Å²) < 4.78 is 36.3. The van der Waals surface area contributed by atoms with Crippen LogP contribution in [0.3, 0.4) is 0 Å². The second-order valence-electron chi connectivity index (χ2n) is 6.73. The lowest BCUT2D eigenvalue weighted by Gasteiger charge is -2.22. The fourth-order valence-electron chi connectivity index (χ4n) is 2.74. The Bertz CT molecular complexity index is 870. The molecule has 0 aliphatic carbocycles. The van der Waals surface area contributed by atoms with Gasteiger partial charge in [-0.2, -0.15) is 0 Å². The van der Waals surface area contributed by atoms with Gasteiger partial charge in [-0.25, -0.2) is 8.42 Å². The number of ether oxygens (including phenoxy) is 2. The largest absolute Gasteiger partial charge is 0.497 e. The van der Waals surface area contributed by atoms with E-state index in [4.69, 9.17) is 9.47 Å². The van der Waals surface area contributed by atoms with Crippen LogP contribution in [0.1, 0.15) is 19.8 Å². The molecule has 0 saturated heterocycles. The van der Waals surface area contributed by atoms with Crippen molar-refractivity contribution in [3.05, 3.63) is 54.6 Å². The predicted molar refractivity (Wildman–Crippen MR) is 114 cm³/mol. The average Bonchev–Trinajstić information content (AvgIpc) is 2.70. The standard InChI is InChI=1S/C21H28N2O5S/c1-17(16-28-20-8-5-4-6-9-20)22-21(24)10-7-15-23(29(3,25)26)18-11-13-19(27-2)14-12-18/h4-6,8-9,11-14,17H,7,10,15-16H2,1-3H3,(H,22,24). The van der Waals surface area contributed by atoms with Gasteiger partial charge in [-0.15, -0.1) is 0 Å². The van der Waals surface area contributed by atoms with Crippen LogP contribution in [0, 0.1) is 0 Å². The Labute approximate surface area is 172 Å². The number of carbonyl (C=O) groups is 1. The fraction of sp³-hybridized carbons (Fsp3) is 0.381.